The molecule has 0 radical (unpaired) electrons. The molecular formula is C22H19N. The summed E-state index contributed by atoms with van der Waals surface area (Å²) in [4.78, 5) is 4.40. The largest absolute Gasteiger partial charge is 0.264 e. The predicted molar refractivity (Wildman–Crippen MR) is 98.1 cm³/mol. The van der Waals surface area contributed by atoms with Gasteiger partial charge < -0.3 is 0 Å². The molecule has 1 heterocycles. The fourth-order valence-electron chi connectivity index (χ4n) is 2.53. The maximum Gasteiger partial charge on any atom is 0.0346 e. The molecule has 1 atom stereocenters. The van der Waals surface area contributed by atoms with E-state index in [1.807, 2.05) is 54.9 Å². The summed E-state index contributed by atoms with van der Waals surface area (Å²) >= 11 is 0. The Labute approximate surface area is 137 Å². The molecule has 0 aliphatic carbocycles. The van der Waals surface area contributed by atoms with Crippen LogP contribution in [0.3, 0.4) is 0 Å². The first kappa shape index (κ1) is 15.0. The summed E-state index contributed by atoms with van der Waals surface area (Å²) in [6, 6.07) is 22.8. The number of hydrogen-bond donors (Lipinski definition) is 0. The molecule has 1 heteroatoms. The molecule has 0 N–H and O–H groups in total. The highest BCUT2D eigenvalue weighted by atomic mass is 14.6. The van der Waals surface area contributed by atoms with E-state index in [9.17, 15) is 0 Å². The molecule has 0 aliphatic heterocycles. The van der Waals surface area contributed by atoms with Crippen LogP contribution in [0.1, 0.15) is 17.0 Å². The molecule has 2 aromatic carbocycles. The smallest absolute Gasteiger partial charge is 0.0346 e. The zero-order chi connectivity index (χ0) is 15.9. The normalized spacial score (nSPS) is 12.2. The molecule has 0 saturated carbocycles. The van der Waals surface area contributed by atoms with E-state index < -0.39 is 0 Å². The van der Waals surface area contributed by atoms with Crippen molar-refractivity contribution in [1.82, 2.24) is 4.98 Å². The molecule has 1 aromatic heterocycles. The number of nitrogens with zero attached hydrogens (tertiary/aromatic N) is 1. The van der Waals surface area contributed by atoms with Gasteiger partial charge in [0.15, 0.2) is 0 Å². The van der Waals surface area contributed by atoms with Crippen LogP contribution in [0, 0.1) is 0 Å². The summed E-state index contributed by atoms with van der Waals surface area (Å²) in [5.74, 6) is 0.145. The molecule has 3 rings (SSSR count). The molecular weight excluding hydrogens is 278 g/mol. The quantitative estimate of drug-likeness (QED) is 0.548. The van der Waals surface area contributed by atoms with Crippen molar-refractivity contribution in [3.05, 3.63) is 109 Å². The van der Waals surface area contributed by atoms with Crippen molar-refractivity contribution < 1.29 is 0 Å². The molecule has 0 aliphatic rings. The van der Waals surface area contributed by atoms with Gasteiger partial charge in [-0.25, -0.2) is 0 Å². The fourth-order valence-corrected chi connectivity index (χ4v) is 2.53. The first-order valence-corrected chi connectivity index (χ1v) is 7.73. The Hall–Kier alpha value is -2.93. The molecule has 3 aromatic rings. The minimum absolute atomic E-state index is 0.145. The highest BCUT2D eigenvalue weighted by molar-refractivity contribution is 5.63. The fraction of sp³-hybridized carbons (Fsp3) is 0.0455. The van der Waals surface area contributed by atoms with Crippen molar-refractivity contribution in [2.45, 2.75) is 5.92 Å². The van der Waals surface area contributed by atoms with Gasteiger partial charge in [0, 0.05) is 23.9 Å². The molecule has 112 valence electrons. The molecule has 0 bridgehead atoms. The van der Waals surface area contributed by atoms with Crippen LogP contribution in [0.25, 0.3) is 17.2 Å². The lowest BCUT2D eigenvalue weighted by molar-refractivity contribution is 1.07. The van der Waals surface area contributed by atoms with E-state index in [1.54, 1.807) is 0 Å². The van der Waals surface area contributed by atoms with Crippen LogP contribution in [-0.2, 0) is 0 Å². The van der Waals surface area contributed by atoms with Gasteiger partial charge in [-0.2, -0.15) is 0 Å². The number of allylic oxidation sites excluding steroid dienone is 2. The van der Waals surface area contributed by atoms with Gasteiger partial charge in [-0.15, -0.1) is 6.58 Å². The number of hydrogen-bond acceptors (Lipinski definition) is 1. The van der Waals surface area contributed by atoms with Crippen molar-refractivity contribution in [1.29, 1.82) is 0 Å². The highest BCUT2D eigenvalue weighted by Crippen LogP contribution is 2.25. The SMILES string of the molecule is C=CC(C=Cc1ccccc1)c1cncc(-c2ccccc2)c1. The van der Waals surface area contributed by atoms with Crippen LogP contribution in [0.5, 0.6) is 0 Å². The first-order valence-electron chi connectivity index (χ1n) is 7.73. The number of benzene rings is 2. The number of aromatic nitrogens is 1. The van der Waals surface area contributed by atoms with Crippen molar-refractivity contribution in [2.75, 3.05) is 0 Å². The van der Waals surface area contributed by atoms with Gasteiger partial charge in [0.05, 0.1) is 0 Å². The number of rotatable bonds is 5. The minimum Gasteiger partial charge on any atom is -0.264 e. The van der Waals surface area contributed by atoms with E-state index in [4.69, 9.17) is 0 Å². The van der Waals surface area contributed by atoms with Gasteiger partial charge in [-0.05, 0) is 22.8 Å². The van der Waals surface area contributed by atoms with Crippen molar-refractivity contribution in [2.24, 2.45) is 0 Å². The first-order chi connectivity index (χ1) is 11.4. The zero-order valence-electron chi connectivity index (χ0n) is 13.0. The van der Waals surface area contributed by atoms with Gasteiger partial charge >= 0.3 is 0 Å². The van der Waals surface area contributed by atoms with Crippen molar-refractivity contribution in [3.63, 3.8) is 0 Å². The van der Waals surface area contributed by atoms with E-state index in [0.717, 1.165) is 11.1 Å². The van der Waals surface area contributed by atoms with E-state index in [0.29, 0.717) is 0 Å². The number of pyridine rings is 1. The summed E-state index contributed by atoms with van der Waals surface area (Å²) in [7, 11) is 0. The second-order valence-corrected chi connectivity index (χ2v) is 5.40. The molecule has 23 heavy (non-hydrogen) atoms. The Morgan fingerprint density at radius 1 is 0.826 bits per heavy atom. The minimum atomic E-state index is 0.145. The van der Waals surface area contributed by atoms with Gasteiger partial charge in [0.2, 0.25) is 0 Å². The maximum absolute atomic E-state index is 4.40. The predicted octanol–water partition coefficient (Wildman–Crippen LogP) is 5.73. The third-order valence-electron chi connectivity index (χ3n) is 3.80. The topological polar surface area (TPSA) is 12.9 Å². The van der Waals surface area contributed by atoms with E-state index in [-0.39, 0.29) is 5.92 Å². The van der Waals surface area contributed by atoms with Gasteiger partial charge in [0.25, 0.3) is 0 Å². The summed E-state index contributed by atoms with van der Waals surface area (Å²) in [6.07, 6.45) is 10.1. The Balaban J connectivity index is 1.87. The molecule has 0 spiro atoms. The van der Waals surface area contributed by atoms with Crippen LogP contribution in [-0.4, -0.2) is 4.98 Å². The Morgan fingerprint density at radius 3 is 2.22 bits per heavy atom. The highest BCUT2D eigenvalue weighted by Gasteiger charge is 2.06. The standard InChI is InChI=1S/C22H19N/c1-2-19(14-13-18-9-5-3-6-10-18)21-15-22(17-23-16-21)20-11-7-4-8-12-20/h2-17,19H,1H2. The van der Waals surface area contributed by atoms with Gasteiger partial charge in [-0.1, -0.05) is 78.9 Å². The van der Waals surface area contributed by atoms with Gasteiger partial charge in [0.1, 0.15) is 0 Å². The van der Waals surface area contributed by atoms with Crippen LogP contribution in [0.4, 0.5) is 0 Å². The van der Waals surface area contributed by atoms with E-state index in [2.05, 4.69) is 54.0 Å². The monoisotopic (exact) mass is 297 g/mol. The second-order valence-electron chi connectivity index (χ2n) is 5.40. The van der Waals surface area contributed by atoms with Gasteiger partial charge in [-0.3, -0.25) is 4.98 Å². The van der Waals surface area contributed by atoms with Crippen LogP contribution < -0.4 is 0 Å². The molecule has 1 nitrogen and oxygen atoms in total. The molecule has 0 saturated heterocycles. The summed E-state index contributed by atoms with van der Waals surface area (Å²) in [5, 5.41) is 0. The lowest BCUT2D eigenvalue weighted by Crippen LogP contribution is -1.93. The lowest BCUT2D eigenvalue weighted by Gasteiger charge is -2.10. The Kier molecular flexibility index (Phi) is 4.80. The molecule has 1 unspecified atom stereocenters. The molecule has 0 amide bonds. The third-order valence-corrected chi connectivity index (χ3v) is 3.80. The third kappa shape index (κ3) is 3.83. The lowest BCUT2D eigenvalue weighted by atomic mass is 9.96. The molecule has 0 fully saturated rings. The summed E-state index contributed by atoms with van der Waals surface area (Å²) in [5.41, 5.74) is 4.64. The van der Waals surface area contributed by atoms with Crippen LogP contribution in [0.2, 0.25) is 0 Å². The maximum atomic E-state index is 4.40. The Morgan fingerprint density at radius 2 is 1.52 bits per heavy atom. The average molecular weight is 297 g/mol. The average Bonchev–Trinajstić information content (AvgIpc) is 2.64. The van der Waals surface area contributed by atoms with E-state index >= 15 is 0 Å². The second kappa shape index (κ2) is 7.37. The summed E-state index contributed by atoms with van der Waals surface area (Å²) in [6.45, 7) is 3.97. The van der Waals surface area contributed by atoms with E-state index in [1.165, 1.54) is 11.1 Å². The van der Waals surface area contributed by atoms with Crippen LogP contribution >= 0.6 is 0 Å². The summed E-state index contributed by atoms with van der Waals surface area (Å²) < 4.78 is 0. The van der Waals surface area contributed by atoms with Crippen molar-refractivity contribution in [3.8, 4) is 11.1 Å². The zero-order valence-corrected chi connectivity index (χ0v) is 13.0. The Bertz CT molecular complexity index is 788. The van der Waals surface area contributed by atoms with Crippen molar-refractivity contribution >= 4 is 6.08 Å². The van der Waals surface area contributed by atoms with Crippen LogP contribution in [0.15, 0.2) is 97.9 Å².